The number of aromatic nitrogens is 3. The Morgan fingerprint density at radius 1 is 1.25 bits per heavy atom. The van der Waals surface area contributed by atoms with Gasteiger partial charge in [-0.25, -0.2) is 0 Å². The Morgan fingerprint density at radius 3 is 2.96 bits per heavy atom. The molecule has 4 rings (SSSR count). The van der Waals surface area contributed by atoms with E-state index < -0.39 is 0 Å². The largest absolute Gasteiger partial charge is 0.410 e. The number of hydrogen-bond donors (Lipinski definition) is 1. The van der Waals surface area contributed by atoms with Gasteiger partial charge in [-0.05, 0) is 24.4 Å². The third-order valence-electron chi connectivity index (χ3n) is 3.64. The normalized spacial score (nSPS) is 12.5. The summed E-state index contributed by atoms with van der Waals surface area (Å²) < 4.78 is 5.64. The molecule has 0 aliphatic heterocycles. The lowest BCUT2D eigenvalue weighted by atomic mass is 10.1. The molecule has 0 aliphatic rings. The van der Waals surface area contributed by atoms with Gasteiger partial charge in [-0.2, -0.15) is 0 Å². The summed E-state index contributed by atoms with van der Waals surface area (Å²) >= 11 is 2.81. The van der Waals surface area contributed by atoms with Crippen molar-refractivity contribution in [3.63, 3.8) is 0 Å². The van der Waals surface area contributed by atoms with Crippen molar-refractivity contribution >= 4 is 39.8 Å². The van der Waals surface area contributed by atoms with Crippen LogP contribution in [0, 0.1) is 0 Å². The number of para-hydroxylation sites is 1. The lowest BCUT2D eigenvalue weighted by Crippen LogP contribution is -2.13. The number of carbonyl (C=O) groups is 1. The number of fused-ring (bicyclic) bond motifs is 1. The van der Waals surface area contributed by atoms with Crippen LogP contribution in [0.25, 0.3) is 21.7 Å². The quantitative estimate of drug-likeness (QED) is 0.417. The highest BCUT2D eigenvalue weighted by molar-refractivity contribution is 8.00. The summed E-state index contributed by atoms with van der Waals surface area (Å²) in [4.78, 5) is 16.8. The van der Waals surface area contributed by atoms with Crippen molar-refractivity contribution in [1.82, 2.24) is 15.2 Å². The van der Waals surface area contributed by atoms with E-state index in [0.717, 1.165) is 15.8 Å². The number of thiophene rings is 1. The maximum absolute atomic E-state index is 12.7. The smallest absolute Gasteiger partial charge is 0.277 e. The van der Waals surface area contributed by atoms with Crippen LogP contribution >= 0.6 is 23.1 Å². The molecule has 0 bridgehead atoms. The molecule has 0 spiro atoms. The van der Waals surface area contributed by atoms with Crippen LogP contribution in [-0.4, -0.2) is 26.2 Å². The van der Waals surface area contributed by atoms with Gasteiger partial charge in [-0.15, -0.1) is 21.5 Å². The van der Waals surface area contributed by atoms with E-state index in [9.17, 15) is 4.79 Å². The van der Waals surface area contributed by atoms with Gasteiger partial charge in [0.15, 0.2) is 5.78 Å². The number of carbonyl (C=O) groups excluding carboxylic acids is 1. The second-order valence-electron chi connectivity index (χ2n) is 5.22. The third kappa shape index (κ3) is 2.76. The molecule has 0 aliphatic carbocycles. The number of nitrogens with zero attached hydrogens (tertiary/aromatic N) is 2. The Balaban J connectivity index is 1.54. The highest BCUT2D eigenvalue weighted by Gasteiger charge is 2.22. The summed E-state index contributed by atoms with van der Waals surface area (Å²) in [5.41, 5.74) is 1.64. The van der Waals surface area contributed by atoms with Crippen LogP contribution in [-0.2, 0) is 0 Å². The molecule has 0 radical (unpaired) electrons. The van der Waals surface area contributed by atoms with Crippen molar-refractivity contribution in [1.29, 1.82) is 0 Å². The van der Waals surface area contributed by atoms with Gasteiger partial charge in [-0.1, -0.05) is 36.0 Å². The van der Waals surface area contributed by atoms with Crippen LogP contribution in [0.5, 0.6) is 0 Å². The standard InChI is InChI=1S/C17H13N3O2S2/c1-10(15(21)12-9-18-13-6-3-2-5-11(12)13)24-17-20-19-16(22-17)14-7-4-8-23-14/h2-10,18H,1H3/t10-/m0/s1. The highest BCUT2D eigenvalue weighted by atomic mass is 32.2. The van der Waals surface area contributed by atoms with Gasteiger partial charge >= 0.3 is 0 Å². The Bertz CT molecular complexity index is 988. The van der Waals surface area contributed by atoms with Crippen molar-refractivity contribution in [2.75, 3.05) is 0 Å². The summed E-state index contributed by atoms with van der Waals surface area (Å²) in [6.07, 6.45) is 1.76. The minimum atomic E-state index is -0.319. The monoisotopic (exact) mass is 355 g/mol. The molecule has 3 heterocycles. The molecule has 3 aromatic heterocycles. The predicted molar refractivity (Wildman–Crippen MR) is 95.6 cm³/mol. The van der Waals surface area contributed by atoms with Crippen molar-refractivity contribution in [3.05, 3.63) is 53.5 Å². The average molecular weight is 355 g/mol. The van der Waals surface area contributed by atoms with Gasteiger partial charge in [0.1, 0.15) is 0 Å². The summed E-state index contributed by atoms with van der Waals surface area (Å²) in [7, 11) is 0. The lowest BCUT2D eigenvalue weighted by molar-refractivity contribution is 0.0995. The highest BCUT2D eigenvalue weighted by Crippen LogP contribution is 2.30. The molecule has 0 saturated heterocycles. The van der Waals surface area contributed by atoms with Gasteiger partial charge in [0.2, 0.25) is 0 Å². The SMILES string of the molecule is C[C@H](Sc1nnc(-c2cccs2)o1)C(=O)c1c[nH]c2ccccc12. The minimum absolute atomic E-state index is 0.0355. The zero-order chi connectivity index (χ0) is 16.5. The van der Waals surface area contributed by atoms with Crippen LogP contribution in [0.2, 0.25) is 0 Å². The van der Waals surface area contributed by atoms with Crippen LogP contribution in [0.15, 0.2) is 57.6 Å². The molecule has 0 saturated carbocycles. The van der Waals surface area contributed by atoms with E-state index in [-0.39, 0.29) is 11.0 Å². The summed E-state index contributed by atoms with van der Waals surface area (Å²) in [5, 5.41) is 11.0. The fraction of sp³-hybridized carbons (Fsp3) is 0.118. The van der Waals surface area contributed by atoms with E-state index in [2.05, 4.69) is 15.2 Å². The molecule has 4 aromatic rings. The number of benzene rings is 1. The second kappa shape index (κ2) is 6.26. The Kier molecular flexibility index (Phi) is 3.95. The van der Waals surface area contributed by atoms with E-state index in [1.165, 1.54) is 23.1 Å². The summed E-state index contributed by atoms with van der Waals surface area (Å²) in [6.45, 7) is 1.85. The number of thioether (sulfide) groups is 1. The molecule has 1 atom stereocenters. The van der Waals surface area contributed by atoms with Crippen LogP contribution < -0.4 is 0 Å². The predicted octanol–water partition coefficient (Wildman–Crippen LogP) is 4.64. The number of nitrogens with one attached hydrogen (secondary N) is 1. The van der Waals surface area contributed by atoms with Gasteiger partial charge in [0.25, 0.3) is 11.1 Å². The van der Waals surface area contributed by atoms with Crippen molar-refractivity contribution in [2.24, 2.45) is 0 Å². The molecule has 0 fully saturated rings. The Morgan fingerprint density at radius 2 is 2.12 bits per heavy atom. The van der Waals surface area contributed by atoms with Gasteiger partial charge in [0.05, 0.1) is 10.1 Å². The molecule has 5 nitrogen and oxygen atoms in total. The zero-order valence-electron chi connectivity index (χ0n) is 12.7. The van der Waals surface area contributed by atoms with E-state index in [1.54, 1.807) is 6.20 Å². The lowest BCUT2D eigenvalue weighted by Gasteiger charge is -2.06. The Labute approximate surface area is 146 Å². The Hall–Kier alpha value is -2.38. The molecule has 7 heteroatoms. The molecule has 120 valence electrons. The molecule has 0 amide bonds. The first-order chi connectivity index (χ1) is 11.7. The minimum Gasteiger partial charge on any atom is -0.410 e. The molecule has 0 unspecified atom stereocenters. The number of aromatic amines is 1. The molecule has 24 heavy (non-hydrogen) atoms. The van der Waals surface area contributed by atoms with Crippen LogP contribution in [0.4, 0.5) is 0 Å². The van der Waals surface area contributed by atoms with E-state index >= 15 is 0 Å². The van der Waals surface area contributed by atoms with E-state index in [4.69, 9.17) is 4.42 Å². The number of hydrogen-bond acceptors (Lipinski definition) is 6. The maximum atomic E-state index is 12.7. The number of rotatable bonds is 5. The van der Waals surface area contributed by atoms with Crippen molar-refractivity contribution in [2.45, 2.75) is 17.4 Å². The number of ketones is 1. The molecule has 1 N–H and O–H groups in total. The van der Waals surface area contributed by atoms with Crippen LogP contribution in [0.3, 0.4) is 0 Å². The second-order valence-corrected chi connectivity index (χ2v) is 7.46. The topological polar surface area (TPSA) is 71.8 Å². The fourth-order valence-corrected chi connectivity index (χ4v) is 3.85. The van der Waals surface area contributed by atoms with Gasteiger partial charge in [0, 0.05) is 22.7 Å². The van der Waals surface area contributed by atoms with Crippen LogP contribution in [0.1, 0.15) is 17.3 Å². The molecular weight excluding hydrogens is 342 g/mol. The van der Waals surface area contributed by atoms with Crippen molar-refractivity contribution in [3.8, 4) is 10.8 Å². The van der Waals surface area contributed by atoms with Gasteiger partial charge < -0.3 is 9.40 Å². The first kappa shape index (κ1) is 15.2. The first-order valence-corrected chi connectivity index (χ1v) is 9.12. The average Bonchev–Trinajstić information content (AvgIpc) is 3.33. The number of Topliss-reactive ketones (excluding diaryl/α,β-unsaturated/α-hetero) is 1. The van der Waals surface area contributed by atoms with E-state index in [1.807, 2.05) is 48.7 Å². The fourth-order valence-electron chi connectivity index (χ4n) is 2.46. The third-order valence-corrected chi connectivity index (χ3v) is 5.43. The molecular formula is C17H13N3O2S2. The first-order valence-electron chi connectivity index (χ1n) is 7.37. The maximum Gasteiger partial charge on any atom is 0.277 e. The van der Waals surface area contributed by atoms with E-state index in [0.29, 0.717) is 16.7 Å². The van der Waals surface area contributed by atoms with Gasteiger partial charge in [-0.3, -0.25) is 4.79 Å². The van der Waals surface area contributed by atoms with Crippen molar-refractivity contribution < 1.29 is 9.21 Å². The molecule has 1 aromatic carbocycles. The summed E-state index contributed by atoms with van der Waals surface area (Å²) in [6, 6.07) is 11.6. The number of H-pyrrole nitrogens is 1. The summed E-state index contributed by atoms with van der Waals surface area (Å²) in [5.74, 6) is 0.521. The zero-order valence-corrected chi connectivity index (χ0v) is 14.4.